The standard InChI is InChI=1S/C14H21F2N3/c1-14(2,19-8-3-4-9-19)13(18-17)12-10(15)6-5-7-11(12)16/h5-7,13,18H,3-4,8-9,17H2,1-2H3. The molecule has 1 unspecified atom stereocenters. The maximum Gasteiger partial charge on any atom is 0.131 e. The van der Waals surface area contributed by atoms with Gasteiger partial charge in [-0.05, 0) is 51.9 Å². The van der Waals surface area contributed by atoms with E-state index in [1.54, 1.807) is 0 Å². The summed E-state index contributed by atoms with van der Waals surface area (Å²) in [6, 6.07) is 3.31. The lowest BCUT2D eigenvalue weighted by Crippen LogP contribution is -2.53. The molecule has 1 aromatic rings. The molecule has 0 radical (unpaired) electrons. The fourth-order valence-corrected chi connectivity index (χ4v) is 2.90. The van der Waals surface area contributed by atoms with Crippen molar-refractivity contribution in [1.82, 2.24) is 10.3 Å². The highest BCUT2D eigenvalue weighted by Gasteiger charge is 2.39. The number of nitrogens with two attached hydrogens (primary N) is 1. The molecule has 1 aliphatic rings. The zero-order valence-corrected chi connectivity index (χ0v) is 11.4. The van der Waals surface area contributed by atoms with Gasteiger partial charge in [0.1, 0.15) is 11.6 Å². The third-order valence-corrected chi connectivity index (χ3v) is 4.08. The van der Waals surface area contributed by atoms with Gasteiger partial charge in [-0.1, -0.05) is 6.07 Å². The molecule has 1 aromatic carbocycles. The Bertz CT molecular complexity index is 422. The van der Waals surface area contributed by atoms with Crippen LogP contribution in [0.5, 0.6) is 0 Å². The highest BCUT2D eigenvalue weighted by molar-refractivity contribution is 5.26. The first-order chi connectivity index (χ1) is 8.98. The molecule has 1 saturated heterocycles. The molecule has 0 aliphatic carbocycles. The first kappa shape index (κ1) is 14.4. The highest BCUT2D eigenvalue weighted by atomic mass is 19.1. The Morgan fingerprint density at radius 1 is 1.21 bits per heavy atom. The van der Waals surface area contributed by atoms with Crippen LogP contribution in [0.3, 0.4) is 0 Å². The molecule has 0 saturated carbocycles. The molecule has 3 nitrogen and oxygen atoms in total. The molecule has 1 fully saturated rings. The molecule has 106 valence electrons. The van der Waals surface area contributed by atoms with Gasteiger partial charge in [-0.3, -0.25) is 16.2 Å². The van der Waals surface area contributed by atoms with E-state index in [0.717, 1.165) is 25.9 Å². The maximum absolute atomic E-state index is 14.0. The van der Waals surface area contributed by atoms with Gasteiger partial charge in [0.05, 0.1) is 6.04 Å². The predicted octanol–water partition coefficient (Wildman–Crippen LogP) is 2.34. The molecule has 2 rings (SSSR count). The van der Waals surface area contributed by atoms with E-state index in [-0.39, 0.29) is 5.56 Å². The van der Waals surface area contributed by atoms with Crippen molar-refractivity contribution in [1.29, 1.82) is 0 Å². The second-order valence-corrected chi connectivity index (χ2v) is 5.58. The summed E-state index contributed by atoms with van der Waals surface area (Å²) in [6.45, 7) is 5.80. The number of nitrogens with one attached hydrogen (secondary N) is 1. The Morgan fingerprint density at radius 2 is 1.74 bits per heavy atom. The van der Waals surface area contributed by atoms with E-state index in [2.05, 4.69) is 10.3 Å². The summed E-state index contributed by atoms with van der Waals surface area (Å²) in [5.41, 5.74) is 2.16. The number of hydrogen-bond acceptors (Lipinski definition) is 3. The second-order valence-electron chi connectivity index (χ2n) is 5.58. The van der Waals surface area contributed by atoms with Crippen molar-refractivity contribution in [2.75, 3.05) is 13.1 Å². The van der Waals surface area contributed by atoms with E-state index in [0.29, 0.717) is 0 Å². The van der Waals surface area contributed by atoms with E-state index >= 15 is 0 Å². The third-order valence-electron chi connectivity index (χ3n) is 4.08. The van der Waals surface area contributed by atoms with Crippen LogP contribution in [-0.4, -0.2) is 23.5 Å². The van der Waals surface area contributed by atoms with Crippen LogP contribution in [0.1, 0.15) is 38.3 Å². The smallest absolute Gasteiger partial charge is 0.131 e. The summed E-state index contributed by atoms with van der Waals surface area (Å²) in [6.07, 6.45) is 2.22. The molecule has 0 amide bonds. The van der Waals surface area contributed by atoms with E-state index < -0.39 is 23.2 Å². The van der Waals surface area contributed by atoms with Crippen molar-refractivity contribution in [2.45, 2.75) is 38.3 Å². The third kappa shape index (κ3) is 2.63. The van der Waals surface area contributed by atoms with Gasteiger partial charge in [0.15, 0.2) is 0 Å². The van der Waals surface area contributed by atoms with Crippen LogP contribution in [0.2, 0.25) is 0 Å². The molecular weight excluding hydrogens is 248 g/mol. The average molecular weight is 269 g/mol. The second kappa shape index (κ2) is 5.53. The first-order valence-corrected chi connectivity index (χ1v) is 6.63. The lowest BCUT2D eigenvalue weighted by molar-refractivity contribution is 0.103. The van der Waals surface area contributed by atoms with Crippen LogP contribution < -0.4 is 11.3 Å². The van der Waals surface area contributed by atoms with Crippen LogP contribution in [0.15, 0.2) is 18.2 Å². The van der Waals surface area contributed by atoms with Gasteiger partial charge >= 0.3 is 0 Å². The van der Waals surface area contributed by atoms with Crippen molar-refractivity contribution in [2.24, 2.45) is 5.84 Å². The van der Waals surface area contributed by atoms with Gasteiger partial charge in [0, 0.05) is 11.1 Å². The zero-order valence-electron chi connectivity index (χ0n) is 11.4. The van der Waals surface area contributed by atoms with Crippen LogP contribution in [0, 0.1) is 11.6 Å². The molecule has 1 heterocycles. The van der Waals surface area contributed by atoms with Gasteiger partial charge in [-0.2, -0.15) is 0 Å². The fourth-order valence-electron chi connectivity index (χ4n) is 2.90. The molecular formula is C14H21F2N3. The molecule has 1 atom stereocenters. The molecule has 0 aromatic heterocycles. The lowest BCUT2D eigenvalue weighted by Gasteiger charge is -2.42. The van der Waals surface area contributed by atoms with Crippen molar-refractivity contribution >= 4 is 0 Å². The summed E-state index contributed by atoms with van der Waals surface area (Å²) in [4.78, 5) is 2.23. The predicted molar refractivity (Wildman–Crippen MR) is 71.3 cm³/mol. The topological polar surface area (TPSA) is 41.3 Å². The largest absolute Gasteiger partial charge is 0.296 e. The molecule has 1 aliphatic heterocycles. The van der Waals surface area contributed by atoms with Crippen molar-refractivity contribution in [3.8, 4) is 0 Å². The van der Waals surface area contributed by atoms with E-state index in [4.69, 9.17) is 5.84 Å². The number of hydrazine groups is 1. The maximum atomic E-state index is 14.0. The Morgan fingerprint density at radius 3 is 2.21 bits per heavy atom. The fraction of sp³-hybridized carbons (Fsp3) is 0.571. The minimum atomic E-state index is -0.591. The summed E-state index contributed by atoms with van der Waals surface area (Å²) in [5, 5.41) is 0. The van der Waals surface area contributed by atoms with Crippen LogP contribution in [0.4, 0.5) is 8.78 Å². The Balaban J connectivity index is 2.38. The zero-order chi connectivity index (χ0) is 14.0. The highest BCUT2D eigenvalue weighted by Crippen LogP contribution is 2.35. The molecule has 5 heteroatoms. The average Bonchev–Trinajstić information content (AvgIpc) is 2.88. The van der Waals surface area contributed by atoms with E-state index in [1.807, 2.05) is 13.8 Å². The van der Waals surface area contributed by atoms with Crippen LogP contribution >= 0.6 is 0 Å². The number of nitrogens with zero attached hydrogens (tertiary/aromatic N) is 1. The van der Waals surface area contributed by atoms with Gasteiger partial charge in [-0.25, -0.2) is 8.78 Å². The normalized spacial score (nSPS) is 18.8. The SMILES string of the molecule is CC(C)(C(NN)c1c(F)cccc1F)N1CCCC1. The van der Waals surface area contributed by atoms with E-state index in [1.165, 1.54) is 18.2 Å². The number of hydrogen-bond donors (Lipinski definition) is 2. The number of halogens is 2. The summed E-state index contributed by atoms with van der Waals surface area (Å²) in [5.74, 6) is 4.47. The van der Waals surface area contributed by atoms with Crippen molar-refractivity contribution < 1.29 is 8.78 Å². The van der Waals surface area contributed by atoms with Gasteiger partial charge in [0.2, 0.25) is 0 Å². The Labute approximate surface area is 112 Å². The molecule has 3 N–H and O–H groups in total. The molecule has 0 bridgehead atoms. The number of rotatable bonds is 4. The summed E-state index contributed by atoms with van der Waals surface area (Å²) < 4.78 is 27.9. The monoisotopic (exact) mass is 269 g/mol. The van der Waals surface area contributed by atoms with Crippen molar-refractivity contribution in [3.63, 3.8) is 0 Å². The molecule has 19 heavy (non-hydrogen) atoms. The minimum Gasteiger partial charge on any atom is -0.296 e. The first-order valence-electron chi connectivity index (χ1n) is 6.63. The minimum absolute atomic E-state index is 0.0156. The van der Waals surface area contributed by atoms with Crippen molar-refractivity contribution in [3.05, 3.63) is 35.4 Å². The van der Waals surface area contributed by atoms with Crippen LogP contribution in [-0.2, 0) is 0 Å². The van der Waals surface area contributed by atoms with Gasteiger partial charge in [-0.15, -0.1) is 0 Å². The Kier molecular flexibility index (Phi) is 4.18. The molecule has 0 spiro atoms. The number of likely N-dealkylation sites (tertiary alicyclic amines) is 1. The quantitative estimate of drug-likeness (QED) is 0.651. The Hall–Kier alpha value is -1.04. The summed E-state index contributed by atoms with van der Waals surface area (Å²) in [7, 11) is 0. The summed E-state index contributed by atoms with van der Waals surface area (Å²) >= 11 is 0. The lowest BCUT2D eigenvalue weighted by atomic mass is 9.87. The number of benzene rings is 1. The van der Waals surface area contributed by atoms with E-state index in [9.17, 15) is 8.78 Å². The van der Waals surface area contributed by atoms with Gasteiger partial charge in [0.25, 0.3) is 0 Å². The van der Waals surface area contributed by atoms with Crippen LogP contribution in [0.25, 0.3) is 0 Å². The van der Waals surface area contributed by atoms with Gasteiger partial charge < -0.3 is 0 Å².